The fourth-order valence-corrected chi connectivity index (χ4v) is 3.52. The Balaban J connectivity index is 1.31. The molecule has 2 aliphatic rings. The van der Waals surface area contributed by atoms with Crippen molar-refractivity contribution in [3.05, 3.63) is 47.1 Å². The molecule has 26 heavy (non-hydrogen) atoms. The molecule has 2 aromatic rings. The summed E-state index contributed by atoms with van der Waals surface area (Å²) < 4.78 is 5.46. The summed E-state index contributed by atoms with van der Waals surface area (Å²) in [7, 11) is 0. The van der Waals surface area contributed by atoms with E-state index in [1.165, 1.54) is 18.4 Å². The maximum Gasteiger partial charge on any atom is 0.243 e. The van der Waals surface area contributed by atoms with Crippen LogP contribution in [0.4, 0.5) is 0 Å². The van der Waals surface area contributed by atoms with Gasteiger partial charge in [0.2, 0.25) is 11.8 Å². The Kier molecular flexibility index (Phi) is 4.76. The Morgan fingerprint density at radius 3 is 2.65 bits per heavy atom. The van der Waals surface area contributed by atoms with Gasteiger partial charge in [0.25, 0.3) is 0 Å². The highest BCUT2D eigenvalue weighted by Gasteiger charge is 2.32. The van der Waals surface area contributed by atoms with E-state index in [0.29, 0.717) is 18.2 Å². The first kappa shape index (κ1) is 17.2. The zero-order chi connectivity index (χ0) is 18.1. The van der Waals surface area contributed by atoms with Crippen molar-refractivity contribution in [2.24, 2.45) is 0 Å². The standard InChI is InChI=1S/C20H26N4O2/c1-14-5-3-4-6-17(14)13-18(25)24-11-9-23(10-12-24)15(2)20-21-19(22-26-20)16-7-8-16/h3-6,15-16H,7-13H2,1-2H3/t15-/m1/s1. The molecule has 0 N–H and O–H groups in total. The SMILES string of the molecule is Cc1ccccc1CC(=O)N1CCN([C@H](C)c2nc(C3CC3)no2)CC1. The van der Waals surface area contributed by atoms with E-state index < -0.39 is 0 Å². The molecule has 1 aromatic carbocycles. The van der Waals surface area contributed by atoms with Gasteiger partial charge in [-0.25, -0.2) is 0 Å². The summed E-state index contributed by atoms with van der Waals surface area (Å²) in [6.45, 7) is 7.33. The Hall–Kier alpha value is -2.21. The van der Waals surface area contributed by atoms with Crippen LogP contribution >= 0.6 is 0 Å². The van der Waals surface area contributed by atoms with Crippen molar-refractivity contribution in [1.29, 1.82) is 0 Å². The maximum absolute atomic E-state index is 12.6. The van der Waals surface area contributed by atoms with Gasteiger partial charge < -0.3 is 9.42 Å². The van der Waals surface area contributed by atoms with E-state index in [1.54, 1.807) is 0 Å². The lowest BCUT2D eigenvalue weighted by Crippen LogP contribution is -2.49. The molecule has 0 spiro atoms. The lowest BCUT2D eigenvalue weighted by atomic mass is 10.1. The third kappa shape index (κ3) is 3.65. The van der Waals surface area contributed by atoms with Gasteiger partial charge in [-0.15, -0.1) is 0 Å². The predicted octanol–water partition coefficient (Wildman–Crippen LogP) is 2.70. The Bertz CT molecular complexity index is 776. The van der Waals surface area contributed by atoms with Crippen LogP contribution in [0.2, 0.25) is 0 Å². The van der Waals surface area contributed by atoms with Crippen LogP contribution in [0.5, 0.6) is 0 Å². The molecule has 1 atom stereocenters. The average molecular weight is 354 g/mol. The van der Waals surface area contributed by atoms with Crippen LogP contribution < -0.4 is 0 Å². The Morgan fingerprint density at radius 1 is 1.23 bits per heavy atom. The van der Waals surface area contributed by atoms with Crippen molar-refractivity contribution in [3.63, 3.8) is 0 Å². The number of nitrogens with zero attached hydrogens (tertiary/aromatic N) is 4. The fourth-order valence-electron chi connectivity index (χ4n) is 3.52. The molecule has 1 aromatic heterocycles. The maximum atomic E-state index is 12.6. The van der Waals surface area contributed by atoms with Crippen molar-refractivity contribution in [2.75, 3.05) is 26.2 Å². The number of aromatic nitrogens is 2. The van der Waals surface area contributed by atoms with Gasteiger partial charge in [-0.3, -0.25) is 9.69 Å². The lowest BCUT2D eigenvalue weighted by molar-refractivity contribution is -0.132. The van der Waals surface area contributed by atoms with Crippen LogP contribution in [0.25, 0.3) is 0 Å². The fraction of sp³-hybridized carbons (Fsp3) is 0.550. The van der Waals surface area contributed by atoms with Gasteiger partial charge >= 0.3 is 0 Å². The van der Waals surface area contributed by atoms with Crippen LogP contribution in [-0.4, -0.2) is 52.0 Å². The first-order valence-corrected chi connectivity index (χ1v) is 9.51. The van der Waals surface area contributed by atoms with Crippen molar-refractivity contribution in [3.8, 4) is 0 Å². The van der Waals surface area contributed by atoms with Gasteiger partial charge in [0.05, 0.1) is 12.5 Å². The van der Waals surface area contributed by atoms with Crippen LogP contribution in [0.15, 0.2) is 28.8 Å². The number of hydrogen-bond acceptors (Lipinski definition) is 5. The van der Waals surface area contributed by atoms with Crippen LogP contribution in [0.3, 0.4) is 0 Å². The molecule has 6 heteroatoms. The van der Waals surface area contributed by atoms with E-state index in [1.807, 2.05) is 23.1 Å². The number of aryl methyl sites for hydroxylation is 1. The predicted molar refractivity (Wildman–Crippen MR) is 97.7 cm³/mol. The minimum absolute atomic E-state index is 0.101. The molecule has 2 fully saturated rings. The highest BCUT2D eigenvalue weighted by molar-refractivity contribution is 5.79. The van der Waals surface area contributed by atoms with Crippen LogP contribution in [0, 0.1) is 6.92 Å². The first-order chi connectivity index (χ1) is 12.6. The van der Waals surface area contributed by atoms with Gasteiger partial charge in [0, 0.05) is 32.1 Å². The number of carbonyl (C=O) groups excluding carboxylic acids is 1. The molecule has 1 saturated heterocycles. The zero-order valence-electron chi connectivity index (χ0n) is 15.5. The number of amides is 1. The second kappa shape index (κ2) is 7.19. The second-order valence-electron chi connectivity index (χ2n) is 7.46. The van der Waals surface area contributed by atoms with Crippen molar-refractivity contribution >= 4 is 5.91 Å². The monoisotopic (exact) mass is 354 g/mol. The van der Waals surface area contributed by atoms with Crippen molar-refractivity contribution in [2.45, 2.75) is 45.1 Å². The minimum atomic E-state index is 0.101. The van der Waals surface area contributed by atoms with E-state index in [-0.39, 0.29) is 11.9 Å². The third-order valence-corrected chi connectivity index (χ3v) is 5.57. The van der Waals surface area contributed by atoms with E-state index in [4.69, 9.17) is 4.52 Å². The van der Waals surface area contributed by atoms with Gasteiger partial charge in [-0.05, 0) is 37.8 Å². The quantitative estimate of drug-likeness (QED) is 0.826. The summed E-state index contributed by atoms with van der Waals surface area (Å²) in [5.74, 6) is 2.28. The normalized spacial score (nSPS) is 19.5. The minimum Gasteiger partial charge on any atom is -0.340 e. The van der Waals surface area contributed by atoms with Gasteiger partial charge in [-0.2, -0.15) is 4.98 Å². The summed E-state index contributed by atoms with van der Waals surface area (Å²) in [5, 5.41) is 4.12. The third-order valence-electron chi connectivity index (χ3n) is 5.57. The molecule has 0 radical (unpaired) electrons. The summed E-state index contributed by atoms with van der Waals surface area (Å²) in [4.78, 5) is 21.5. The Labute approximate surface area is 154 Å². The van der Waals surface area contributed by atoms with E-state index in [9.17, 15) is 4.79 Å². The van der Waals surface area contributed by atoms with E-state index >= 15 is 0 Å². The highest BCUT2D eigenvalue weighted by Crippen LogP contribution is 2.38. The number of carbonyl (C=O) groups is 1. The zero-order valence-corrected chi connectivity index (χ0v) is 15.5. The summed E-state index contributed by atoms with van der Waals surface area (Å²) in [6.07, 6.45) is 2.83. The van der Waals surface area contributed by atoms with Crippen LogP contribution in [0.1, 0.15) is 54.6 Å². The van der Waals surface area contributed by atoms with E-state index in [0.717, 1.165) is 37.6 Å². The van der Waals surface area contributed by atoms with Gasteiger partial charge in [-0.1, -0.05) is 29.4 Å². The molecule has 4 rings (SSSR count). The van der Waals surface area contributed by atoms with Gasteiger partial charge in [0.1, 0.15) is 0 Å². The number of piperazine rings is 1. The molecular weight excluding hydrogens is 328 g/mol. The van der Waals surface area contributed by atoms with Crippen LogP contribution in [-0.2, 0) is 11.2 Å². The topological polar surface area (TPSA) is 62.5 Å². The lowest BCUT2D eigenvalue weighted by Gasteiger charge is -2.37. The molecular formula is C20H26N4O2. The Morgan fingerprint density at radius 2 is 1.96 bits per heavy atom. The molecule has 138 valence electrons. The molecule has 2 heterocycles. The van der Waals surface area contributed by atoms with Crippen molar-refractivity contribution in [1.82, 2.24) is 19.9 Å². The molecule has 0 bridgehead atoms. The molecule has 1 aliphatic heterocycles. The van der Waals surface area contributed by atoms with Gasteiger partial charge in [0.15, 0.2) is 5.82 Å². The summed E-state index contributed by atoms with van der Waals surface area (Å²) in [6, 6.07) is 8.20. The summed E-state index contributed by atoms with van der Waals surface area (Å²) >= 11 is 0. The number of benzene rings is 1. The second-order valence-corrected chi connectivity index (χ2v) is 7.46. The molecule has 1 aliphatic carbocycles. The number of rotatable bonds is 5. The number of hydrogen-bond donors (Lipinski definition) is 0. The summed E-state index contributed by atoms with van der Waals surface area (Å²) in [5.41, 5.74) is 2.29. The molecule has 1 saturated carbocycles. The average Bonchev–Trinajstić information content (AvgIpc) is 3.40. The largest absolute Gasteiger partial charge is 0.340 e. The first-order valence-electron chi connectivity index (χ1n) is 9.51. The highest BCUT2D eigenvalue weighted by atomic mass is 16.5. The molecule has 1 amide bonds. The smallest absolute Gasteiger partial charge is 0.243 e. The molecule has 0 unspecified atom stereocenters. The van der Waals surface area contributed by atoms with Crippen molar-refractivity contribution < 1.29 is 9.32 Å². The van der Waals surface area contributed by atoms with E-state index in [2.05, 4.69) is 35.0 Å². The molecule has 6 nitrogen and oxygen atoms in total.